The van der Waals surface area contributed by atoms with E-state index in [-0.39, 0.29) is 0 Å². The molecule has 0 aliphatic carbocycles. The molecule has 2 atom stereocenters. The van der Waals surface area contributed by atoms with Crippen LogP contribution < -0.4 is 15.0 Å². The van der Waals surface area contributed by atoms with Crippen LogP contribution in [0.15, 0.2) is 18.2 Å². The molecule has 1 heterocycles. The molecule has 1 aliphatic heterocycles. The first kappa shape index (κ1) is 17.1. The lowest BCUT2D eigenvalue weighted by atomic mass is 9.91. The Bertz CT molecular complexity index is 463. The normalized spacial score (nSPS) is 22.2. The van der Waals surface area contributed by atoms with Crippen molar-refractivity contribution in [3.05, 3.63) is 23.8 Å². The third kappa shape index (κ3) is 4.64. The fourth-order valence-electron chi connectivity index (χ4n) is 3.38. The molecule has 0 radical (unpaired) electrons. The second kappa shape index (κ2) is 7.87. The lowest BCUT2D eigenvalue weighted by molar-refractivity contribution is 0.329. The standard InChI is InChI=1S/C19H32N2O/c1-6-22-19-10-17(11-20-14(2)3)7-8-18(19)21-12-15(4)9-16(5)13-21/h7-8,10,14-16,20H,6,9,11-13H2,1-5H3. The van der Waals surface area contributed by atoms with Gasteiger partial charge in [-0.2, -0.15) is 0 Å². The molecule has 2 rings (SSSR count). The molecule has 0 amide bonds. The van der Waals surface area contributed by atoms with Crippen LogP contribution in [0.2, 0.25) is 0 Å². The SMILES string of the molecule is CCOc1cc(CNC(C)C)ccc1N1CC(C)CC(C)C1. The van der Waals surface area contributed by atoms with Gasteiger partial charge < -0.3 is 15.0 Å². The lowest BCUT2D eigenvalue weighted by Gasteiger charge is -2.37. The first-order chi connectivity index (χ1) is 10.5. The maximum atomic E-state index is 5.94. The van der Waals surface area contributed by atoms with Crippen molar-refractivity contribution < 1.29 is 4.74 Å². The maximum Gasteiger partial charge on any atom is 0.142 e. The second-order valence-electron chi connectivity index (χ2n) is 7.12. The van der Waals surface area contributed by atoms with E-state index < -0.39 is 0 Å². The predicted molar refractivity (Wildman–Crippen MR) is 94.7 cm³/mol. The summed E-state index contributed by atoms with van der Waals surface area (Å²) < 4.78 is 5.94. The number of hydrogen-bond acceptors (Lipinski definition) is 3. The minimum Gasteiger partial charge on any atom is -0.492 e. The van der Waals surface area contributed by atoms with Crippen LogP contribution in [0.4, 0.5) is 5.69 Å². The van der Waals surface area contributed by atoms with Crippen molar-refractivity contribution in [1.82, 2.24) is 5.32 Å². The van der Waals surface area contributed by atoms with Gasteiger partial charge in [0.1, 0.15) is 5.75 Å². The predicted octanol–water partition coefficient (Wildman–Crippen LogP) is 4.07. The number of nitrogens with one attached hydrogen (secondary N) is 1. The largest absolute Gasteiger partial charge is 0.492 e. The molecule has 1 saturated heterocycles. The Kier molecular flexibility index (Phi) is 6.13. The number of hydrogen-bond donors (Lipinski definition) is 1. The summed E-state index contributed by atoms with van der Waals surface area (Å²) in [4.78, 5) is 2.50. The van der Waals surface area contributed by atoms with Crippen LogP contribution in [-0.2, 0) is 6.54 Å². The van der Waals surface area contributed by atoms with E-state index in [1.807, 2.05) is 0 Å². The molecular formula is C19H32N2O. The van der Waals surface area contributed by atoms with Gasteiger partial charge in [0.25, 0.3) is 0 Å². The van der Waals surface area contributed by atoms with Crippen LogP contribution in [0.3, 0.4) is 0 Å². The molecule has 1 aliphatic rings. The van der Waals surface area contributed by atoms with Crippen molar-refractivity contribution in [2.75, 3.05) is 24.6 Å². The molecule has 3 heteroatoms. The van der Waals surface area contributed by atoms with E-state index in [1.165, 1.54) is 17.7 Å². The zero-order valence-corrected chi connectivity index (χ0v) is 14.9. The molecule has 1 aromatic carbocycles. The minimum absolute atomic E-state index is 0.499. The number of rotatable bonds is 6. The van der Waals surface area contributed by atoms with Crippen LogP contribution in [0.25, 0.3) is 0 Å². The molecular weight excluding hydrogens is 272 g/mol. The monoisotopic (exact) mass is 304 g/mol. The summed E-state index contributed by atoms with van der Waals surface area (Å²) in [5.74, 6) is 2.54. The van der Waals surface area contributed by atoms with Crippen LogP contribution in [-0.4, -0.2) is 25.7 Å². The molecule has 0 aromatic heterocycles. The van der Waals surface area contributed by atoms with Gasteiger partial charge in [0.05, 0.1) is 12.3 Å². The van der Waals surface area contributed by atoms with Gasteiger partial charge in [0, 0.05) is 25.7 Å². The highest BCUT2D eigenvalue weighted by Crippen LogP contribution is 2.34. The molecule has 0 spiro atoms. The number of benzene rings is 1. The number of ether oxygens (including phenoxy) is 1. The Morgan fingerprint density at radius 2 is 1.91 bits per heavy atom. The zero-order valence-electron chi connectivity index (χ0n) is 14.9. The molecule has 2 unspecified atom stereocenters. The number of piperidine rings is 1. The first-order valence-corrected chi connectivity index (χ1v) is 8.73. The van der Waals surface area contributed by atoms with Crippen LogP contribution in [0.1, 0.15) is 46.6 Å². The van der Waals surface area contributed by atoms with E-state index in [2.05, 4.69) is 63.0 Å². The highest BCUT2D eigenvalue weighted by atomic mass is 16.5. The summed E-state index contributed by atoms with van der Waals surface area (Å²) in [7, 11) is 0. The number of anilines is 1. The zero-order chi connectivity index (χ0) is 16.1. The van der Waals surface area contributed by atoms with Gasteiger partial charge in [-0.3, -0.25) is 0 Å². The summed E-state index contributed by atoms with van der Waals surface area (Å²) >= 11 is 0. The second-order valence-corrected chi connectivity index (χ2v) is 7.12. The number of nitrogens with zero attached hydrogens (tertiary/aromatic N) is 1. The Morgan fingerprint density at radius 3 is 2.50 bits per heavy atom. The topological polar surface area (TPSA) is 24.5 Å². The Labute approximate surface area is 136 Å². The summed E-state index contributed by atoms with van der Waals surface area (Å²) in [5, 5.41) is 3.48. The summed E-state index contributed by atoms with van der Waals surface area (Å²) in [6, 6.07) is 7.18. The highest BCUT2D eigenvalue weighted by molar-refractivity contribution is 5.60. The van der Waals surface area contributed by atoms with Crippen molar-refractivity contribution in [1.29, 1.82) is 0 Å². The quantitative estimate of drug-likeness (QED) is 0.857. The summed E-state index contributed by atoms with van der Waals surface area (Å²) in [6.45, 7) is 15.0. The van der Waals surface area contributed by atoms with Gasteiger partial charge >= 0.3 is 0 Å². The van der Waals surface area contributed by atoms with Crippen LogP contribution in [0.5, 0.6) is 5.75 Å². The van der Waals surface area contributed by atoms with E-state index in [4.69, 9.17) is 4.74 Å². The van der Waals surface area contributed by atoms with E-state index in [0.29, 0.717) is 12.6 Å². The molecule has 124 valence electrons. The molecule has 0 bridgehead atoms. The van der Waals surface area contributed by atoms with Gasteiger partial charge in [-0.25, -0.2) is 0 Å². The molecule has 1 fully saturated rings. The van der Waals surface area contributed by atoms with Crippen molar-refractivity contribution >= 4 is 5.69 Å². The molecule has 3 nitrogen and oxygen atoms in total. The first-order valence-electron chi connectivity index (χ1n) is 8.73. The van der Waals surface area contributed by atoms with Crippen LogP contribution in [0, 0.1) is 11.8 Å². The average Bonchev–Trinajstić information content (AvgIpc) is 2.44. The van der Waals surface area contributed by atoms with Gasteiger partial charge in [0.2, 0.25) is 0 Å². The van der Waals surface area contributed by atoms with E-state index >= 15 is 0 Å². The molecule has 1 aromatic rings. The van der Waals surface area contributed by atoms with E-state index in [0.717, 1.165) is 37.2 Å². The fraction of sp³-hybridized carbons (Fsp3) is 0.684. The third-order valence-electron chi connectivity index (χ3n) is 4.25. The Hall–Kier alpha value is -1.22. The average molecular weight is 304 g/mol. The van der Waals surface area contributed by atoms with Gasteiger partial charge in [0.15, 0.2) is 0 Å². The summed E-state index contributed by atoms with van der Waals surface area (Å²) in [5.41, 5.74) is 2.55. The van der Waals surface area contributed by atoms with Crippen molar-refractivity contribution in [2.45, 2.75) is 53.6 Å². The Morgan fingerprint density at radius 1 is 1.23 bits per heavy atom. The van der Waals surface area contributed by atoms with Crippen molar-refractivity contribution in [2.24, 2.45) is 11.8 Å². The molecule has 22 heavy (non-hydrogen) atoms. The Balaban J connectivity index is 2.18. The van der Waals surface area contributed by atoms with E-state index in [1.54, 1.807) is 0 Å². The maximum absolute atomic E-state index is 5.94. The van der Waals surface area contributed by atoms with Gasteiger partial charge in [-0.15, -0.1) is 0 Å². The lowest BCUT2D eigenvalue weighted by Crippen LogP contribution is -2.38. The highest BCUT2D eigenvalue weighted by Gasteiger charge is 2.24. The van der Waals surface area contributed by atoms with Crippen LogP contribution >= 0.6 is 0 Å². The smallest absolute Gasteiger partial charge is 0.142 e. The summed E-state index contributed by atoms with van der Waals surface area (Å²) in [6.07, 6.45) is 1.33. The molecule has 0 saturated carbocycles. The third-order valence-corrected chi connectivity index (χ3v) is 4.25. The van der Waals surface area contributed by atoms with Gasteiger partial charge in [-0.05, 0) is 42.9 Å². The minimum atomic E-state index is 0.499. The van der Waals surface area contributed by atoms with Crippen molar-refractivity contribution in [3.8, 4) is 5.75 Å². The van der Waals surface area contributed by atoms with Gasteiger partial charge in [-0.1, -0.05) is 33.8 Å². The van der Waals surface area contributed by atoms with Crippen molar-refractivity contribution in [3.63, 3.8) is 0 Å². The fourth-order valence-corrected chi connectivity index (χ4v) is 3.38. The molecule has 1 N–H and O–H groups in total. The van der Waals surface area contributed by atoms with E-state index in [9.17, 15) is 0 Å².